The summed E-state index contributed by atoms with van der Waals surface area (Å²) in [6.07, 6.45) is 0.799. The molecule has 0 fully saturated rings. The molecular weight excluding hydrogens is 393 g/mol. The predicted molar refractivity (Wildman–Crippen MR) is 98.2 cm³/mol. The Morgan fingerprint density at radius 2 is 1.86 bits per heavy atom. The molecule has 2 aromatic rings. The lowest BCUT2D eigenvalue weighted by Crippen LogP contribution is -2.23. The Hall–Kier alpha value is -1.96. The van der Waals surface area contributed by atoms with Crippen LogP contribution in [0, 0.1) is 0 Å². The van der Waals surface area contributed by atoms with Gasteiger partial charge in [0, 0.05) is 12.2 Å². The maximum atomic E-state index is 5.85. The largest absolute Gasteiger partial charge is 0.454 e. The Morgan fingerprint density at radius 3 is 2.68 bits per heavy atom. The number of guanidine groups is 1. The highest BCUT2D eigenvalue weighted by Crippen LogP contribution is 2.32. The zero-order valence-corrected chi connectivity index (χ0v) is 14.3. The molecule has 0 aromatic heterocycles. The van der Waals surface area contributed by atoms with Crippen LogP contribution in [0.1, 0.15) is 5.56 Å². The third-order valence-electron chi connectivity index (χ3n) is 3.17. The highest BCUT2D eigenvalue weighted by molar-refractivity contribution is 14.0. The van der Waals surface area contributed by atoms with Gasteiger partial charge in [-0.1, -0.05) is 24.3 Å². The molecule has 1 heterocycles. The molecule has 3 N–H and O–H groups in total. The molecule has 6 heteroatoms. The lowest BCUT2D eigenvalue weighted by atomic mass is 10.1. The summed E-state index contributed by atoms with van der Waals surface area (Å²) in [4.78, 5) is 4.32. The molecule has 5 nitrogen and oxygen atoms in total. The van der Waals surface area contributed by atoms with Crippen molar-refractivity contribution < 1.29 is 9.47 Å². The number of nitrogens with zero attached hydrogens (tertiary/aromatic N) is 1. The molecule has 0 bridgehead atoms. The van der Waals surface area contributed by atoms with Crippen molar-refractivity contribution >= 4 is 35.6 Å². The highest BCUT2D eigenvalue weighted by atomic mass is 127. The number of hydrogen-bond acceptors (Lipinski definition) is 3. The van der Waals surface area contributed by atoms with Crippen molar-refractivity contribution in [3.8, 4) is 11.5 Å². The molecule has 22 heavy (non-hydrogen) atoms. The zero-order chi connectivity index (χ0) is 14.5. The summed E-state index contributed by atoms with van der Waals surface area (Å²) in [5.74, 6) is 2.02. The Bertz CT molecular complexity index is 647. The van der Waals surface area contributed by atoms with Crippen LogP contribution < -0.4 is 20.5 Å². The van der Waals surface area contributed by atoms with Crippen LogP contribution >= 0.6 is 24.0 Å². The minimum atomic E-state index is 0. The maximum Gasteiger partial charge on any atom is 0.231 e. The number of benzene rings is 2. The van der Waals surface area contributed by atoms with E-state index in [2.05, 4.69) is 10.3 Å². The fourth-order valence-electron chi connectivity index (χ4n) is 2.11. The Balaban J connectivity index is 0.00000176. The van der Waals surface area contributed by atoms with Crippen molar-refractivity contribution in [1.29, 1.82) is 0 Å². The summed E-state index contributed by atoms with van der Waals surface area (Å²) in [6.45, 7) is 0.913. The molecular formula is C16H18IN3O2. The standard InChI is InChI=1S/C16H17N3O2.HI/c17-16(19-13-4-2-1-3-5-13)18-9-8-12-6-7-14-15(10-12)21-11-20-14;/h1-7,10H,8-9,11H2,(H3,17,18,19);1H. The van der Waals surface area contributed by atoms with Gasteiger partial charge < -0.3 is 20.5 Å². The van der Waals surface area contributed by atoms with E-state index in [1.807, 2.05) is 48.5 Å². The van der Waals surface area contributed by atoms with Gasteiger partial charge in [0.1, 0.15) is 0 Å². The molecule has 116 valence electrons. The molecule has 2 aromatic carbocycles. The van der Waals surface area contributed by atoms with Gasteiger partial charge in [0.25, 0.3) is 0 Å². The molecule has 3 rings (SSSR count). The number of ether oxygens (including phenoxy) is 2. The van der Waals surface area contributed by atoms with E-state index >= 15 is 0 Å². The zero-order valence-electron chi connectivity index (χ0n) is 12.0. The summed E-state index contributed by atoms with van der Waals surface area (Å²) in [5, 5.41) is 3.05. The number of fused-ring (bicyclic) bond motifs is 1. The van der Waals surface area contributed by atoms with E-state index in [0.29, 0.717) is 19.3 Å². The molecule has 1 aliphatic heterocycles. The van der Waals surface area contributed by atoms with Crippen molar-refractivity contribution in [2.45, 2.75) is 6.42 Å². The summed E-state index contributed by atoms with van der Waals surface area (Å²) in [7, 11) is 0. The van der Waals surface area contributed by atoms with Crippen LogP contribution in [0.15, 0.2) is 53.5 Å². The first-order valence-electron chi connectivity index (χ1n) is 6.82. The molecule has 0 saturated heterocycles. The lowest BCUT2D eigenvalue weighted by molar-refractivity contribution is 0.174. The van der Waals surface area contributed by atoms with Gasteiger partial charge in [-0.05, 0) is 36.2 Å². The summed E-state index contributed by atoms with van der Waals surface area (Å²) in [6, 6.07) is 15.7. The van der Waals surface area contributed by atoms with Crippen molar-refractivity contribution in [1.82, 2.24) is 0 Å². The van der Waals surface area contributed by atoms with Gasteiger partial charge in [-0.25, -0.2) is 0 Å². The third kappa shape index (κ3) is 4.27. The first-order chi connectivity index (χ1) is 10.3. The van der Waals surface area contributed by atoms with Gasteiger partial charge in [0.15, 0.2) is 17.5 Å². The van der Waals surface area contributed by atoms with Gasteiger partial charge in [-0.15, -0.1) is 24.0 Å². The molecule has 0 amide bonds. The van der Waals surface area contributed by atoms with Crippen molar-refractivity contribution in [3.63, 3.8) is 0 Å². The summed E-state index contributed by atoms with van der Waals surface area (Å²) in [5.41, 5.74) is 7.94. The second-order valence-corrected chi connectivity index (χ2v) is 4.70. The fraction of sp³-hybridized carbons (Fsp3) is 0.188. The lowest BCUT2D eigenvalue weighted by Gasteiger charge is -2.05. The number of hydrogen-bond donors (Lipinski definition) is 2. The van der Waals surface area contributed by atoms with E-state index in [0.717, 1.165) is 29.2 Å². The van der Waals surface area contributed by atoms with Crippen LogP contribution in [0.3, 0.4) is 0 Å². The molecule has 0 saturated carbocycles. The molecule has 0 atom stereocenters. The van der Waals surface area contributed by atoms with Crippen LogP contribution in [-0.4, -0.2) is 19.3 Å². The number of anilines is 1. The fourth-order valence-corrected chi connectivity index (χ4v) is 2.11. The first-order valence-corrected chi connectivity index (χ1v) is 6.82. The van der Waals surface area contributed by atoms with E-state index < -0.39 is 0 Å². The van der Waals surface area contributed by atoms with E-state index in [1.54, 1.807) is 0 Å². The minimum absolute atomic E-state index is 0. The van der Waals surface area contributed by atoms with Gasteiger partial charge >= 0.3 is 0 Å². The number of rotatable bonds is 4. The second kappa shape index (κ2) is 7.88. The number of aliphatic imine (C=N–C) groups is 1. The highest BCUT2D eigenvalue weighted by Gasteiger charge is 2.12. The molecule has 1 aliphatic rings. The second-order valence-electron chi connectivity index (χ2n) is 4.70. The topological polar surface area (TPSA) is 68.9 Å². The Kier molecular flexibility index (Phi) is 5.88. The Morgan fingerprint density at radius 1 is 1.09 bits per heavy atom. The summed E-state index contributed by atoms with van der Waals surface area (Å²) >= 11 is 0. The van der Waals surface area contributed by atoms with Crippen molar-refractivity contribution in [3.05, 3.63) is 54.1 Å². The third-order valence-corrected chi connectivity index (χ3v) is 3.17. The monoisotopic (exact) mass is 411 g/mol. The van der Waals surface area contributed by atoms with Crippen LogP contribution in [0.2, 0.25) is 0 Å². The Labute approximate surface area is 146 Å². The van der Waals surface area contributed by atoms with Crippen LogP contribution in [0.25, 0.3) is 0 Å². The van der Waals surface area contributed by atoms with Crippen LogP contribution in [0.4, 0.5) is 5.69 Å². The molecule has 0 radical (unpaired) electrons. The average Bonchev–Trinajstić information content (AvgIpc) is 2.96. The normalized spacial score (nSPS) is 12.6. The van der Waals surface area contributed by atoms with Gasteiger partial charge in [0.05, 0.1) is 0 Å². The molecule has 0 aliphatic carbocycles. The SMILES string of the molecule is I.NC(=NCCc1ccc2c(c1)OCO2)Nc1ccccc1. The van der Waals surface area contributed by atoms with Gasteiger partial charge in [-0.2, -0.15) is 0 Å². The number of halogens is 1. The first kappa shape index (κ1) is 16.4. The number of nitrogens with two attached hydrogens (primary N) is 1. The number of nitrogens with one attached hydrogen (secondary N) is 1. The van der Waals surface area contributed by atoms with Gasteiger partial charge in [-0.3, -0.25) is 4.99 Å². The molecule has 0 spiro atoms. The van der Waals surface area contributed by atoms with Crippen LogP contribution in [0.5, 0.6) is 11.5 Å². The smallest absolute Gasteiger partial charge is 0.231 e. The van der Waals surface area contributed by atoms with E-state index in [-0.39, 0.29) is 24.0 Å². The van der Waals surface area contributed by atoms with Gasteiger partial charge in [0.2, 0.25) is 6.79 Å². The summed E-state index contributed by atoms with van der Waals surface area (Å²) < 4.78 is 10.6. The number of para-hydroxylation sites is 1. The van der Waals surface area contributed by atoms with E-state index in [9.17, 15) is 0 Å². The quantitative estimate of drug-likeness (QED) is 0.461. The van der Waals surface area contributed by atoms with E-state index in [4.69, 9.17) is 15.2 Å². The van der Waals surface area contributed by atoms with Crippen molar-refractivity contribution in [2.75, 3.05) is 18.7 Å². The van der Waals surface area contributed by atoms with Crippen LogP contribution in [-0.2, 0) is 6.42 Å². The maximum absolute atomic E-state index is 5.85. The average molecular weight is 411 g/mol. The molecule has 0 unspecified atom stereocenters. The predicted octanol–water partition coefficient (Wildman–Crippen LogP) is 3.00. The van der Waals surface area contributed by atoms with Crippen molar-refractivity contribution in [2.24, 2.45) is 10.7 Å². The minimum Gasteiger partial charge on any atom is -0.454 e. The van der Waals surface area contributed by atoms with E-state index in [1.165, 1.54) is 0 Å².